The summed E-state index contributed by atoms with van der Waals surface area (Å²) < 4.78 is 0. The molecule has 0 radical (unpaired) electrons. The second kappa shape index (κ2) is 4.46. The van der Waals surface area contributed by atoms with Gasteiger partial charge in [0.15, 0.2) is 0 Å². The number of likely N-dealkylation sites (tertiary alicyclic amines) is 1. The van der Waals surface area contributed by atoms with Crippen LogP contribution in [-0.4, -0.2) is 29.4 Å². The monoisotopic (exact) mass is 238 g/mol. The van der Waals surface area contributed by atoms with Gasteiger partial charge in [0.1, 0.15) is 0 Å². The molecule has 1 saturated heterocycles. The van der Waals surface area contributed by atoms with E-state index in [2.05, 4.69) is 18.7 Å². The Labute approximate surface area is 104 Å². The van der Waals surface area contributed by atoms with E-state index in [1.54, 1.807) is 0 Å². The van der Waals surface area contributed by atoms with Crippen LogP contribution in [0.3, 0.4) is 0 Å². The lowest BCUT2D eigenvalue weighted by molar-refractivity contribution is 0.347. The molecule has 0 aromatic heterocycles. The van der Waals surface area contributed by atoms with Gasteiger partial charge in [-0.25, -0.2) is 0 Å². The van der Waals surface area contributed by atoms with E-state index in [4.69, 9.17) is 18.0 Å². The molecule has 0 amide bonds. The molecule has 1 fully saturated rings. The Kier molecular flexibility index (Phi) is 3.36. The van der Waals surface area contributed by atoms with Crippen molar-refractivity contribution in [3.05, 3.63) is 11.3 Å². The molecule has 16 heavy (non-hydrogen) atoms. The maximum Gasteiger partial charge on any atom is 0.0261 e. The fraction of sp³-hybridized carbons (Fsp3) is 0.769. The molecule has 1 aliphatic carbocycles. The fourth-order valence-corrected chi connectivity index (χ4v) is 3.35. The molecule has 0 spiro atoms. The normalized spacial score (nSPS) is 26.5. The highest BCUT2D eigenvalue weighted by Crippen LogP contribution is 2.35. The van der Waals surface area contributed by atoms with Crippen LogP contribution in [0.15, 0.2) is 11.3 Å². The predicted octanol–water partition coefficient (Wildman–Crippen LogP) is 2.48. The number of allylic oxidation sites excluding steroid dienone is 1. The molecule has 2 nitrogen and oxygen atoms in total. The highest BCUT2D eigenvalue weighted by Gasteiger charge is 2.30. The standard InChI is InChI=1S/C13H22N2S/c1-13(2)7-11(14)10(12(16)8-13)9-15-5-3-4-6-15/h3-9,14H2,1-2H3. The molecule has 2 N–H and O–H groups in total. The predicted molar refractivity (Wildman–Crippen MR) is 72.5 cm³/mol. The number of thiocarbonyl (C=S) groups is 1. The first-order valence-electron chi connectivity index (χ1n) is 6.21. The van der Waals surface area contributed by atoms with Crippen molar-refractivity contribution >= 4 is 17.1 Å². The Balaban J connectivity index is 2.09. The molecular weight excluding hydrogens is 216 g/mol. The summed E-state index contributed by atoms with van der Waals surface area (Å²) in [5, 5.41) is 0. The first-order valence-corrected chi connectivity index (χ1v) is 6.62. The van der Waals surface area contributed by atoms with Crippen molar-refractivity contribution in [2.45, 2.75) is 39.5 Å². The minimum absolute atomic E-state index is 0.260. The van der Waals surface area contributed by atoms with E-state index in [1.165, 1.54) is 31.5 Å². The Bertz CT molecular complexity index is 325. The lowest BCUT2D eigenvalue weighted by Gasteiger charge is -2.33. The maximum atomic E-state index is 6.19. The van der Waals surface area contributed by atoms with Crippen LogP contribution in [0, 0.1) is 5.41 Å². The van der Waals surface area contributed by atoms with Gasteiger partial charge in [-0.3, -0.25) is 4.90 Å². The van der Waals surface area contributed by atoms with Gasteiger partial charge in [-0.2, -0.15) is 0 Å². The van der Waals surface area contributed by atoms with E-state index in [9.17, 15) is 0 Å². The van der Waals surface area contributed by atoms with Crippen LogP contribution in [0.25, 0.3) is 0 Å². The van der Waals surface area contributed by atoms with Crippen LogP contribution in [0.2, 0.25) is 0 Å². The number of nitrogens with two attached hydrogens (primary N) is 1. The molecule has 1 aliphatic heterocycles. The summed E-state index contributed by atoms with van der Waals surface area (Å²) in [6.45, 7) is 7.91. The van der Waals surface area contributed by atoms with Gasteiger partial charge < -0.3 is 5.73 Å². The molecule has 0 saturated carbocycles. The van der Waals surface area contributed by atoms with Crippen molar-refractivity contribution in [1.29, 1.82) is 0 Å². The van der Waals surface area contributed by atoms with Gasteiger partial charge in [-0.05, 0) is 49.8 Å². The Morgan fingerprint density at radius 1 is 1.25 bits per heavy atom. The Hall–Kier alpha value is -0.410. The number of rotatable bonds is 2. The zero-order chi connectivity index (χ0) is 11.8. The Morgan fingerprint density at radius 3 is 2.44 bits per heavy atom. The molecule has 0 aromatic carbocycles. The third-order valence-electron chi connectivity index (χ3n) is 3.61. The first-order chi connectivity index (χ1) is 7.48. The molecule has 0 bridgehead atoms. The largest absolute Gasteiger partial charge is 0.402 e. The molecule has 2 aliphatic rings. The summed E-state index contributed by atoms with van der Waals surface area (Å²) >= 11 is 5.52. The number of hydrogen-bond acceptors (Lipinski definition) is 3. The van der Waals surface area contributed by atoms with Crippen molar-refractivity contribution < 1.29 is 0 Å². The lowest BCUT2D eigenvalue weighted by Crippen LogP contribution is -2.33. The van der Waals surface area contributed by atoms with Gasteiger partial charge in [-0.15, -0.1) is 0 Å². The molecule has 2 rings (SSSR count). The van der Waals surface area contributed by atoms with Crippen molar-refractivity contribution in [1.82, 2.24) is 4.90 Å². The topological polar surface area (TPSA) is 29.3 Å². The fourth-order valence-electron chi connectivity index (χ4n) is 2.76. The van der Waals surface area contributed by atoms with Crippen LogP contribution in [0.4, 0.5) is 0 Å². The first kappa shape index (κ1) is 12.1. The van der Waals surface area contributed by atoms with Crippen molar-refractivity contribution in [2.75, 3.05) is 19.6 Å². The molecule has 90 valence electrons. The summed E-state index contributed by atoms with van der Waals surface area (Å²) in [7, 11) is 0. The van der Waals surface area contributed by atoms with E-state index < -0.39 is 0 Å². The van der Waals surface area contributed by atoms with Crippen LogP contribution in [-0.2, 0) is 0 Å². The molecule has 0 unspecified atom stereocenters. The second-order valence-electron chi connectivity index (χ2n) is 5.93. The average Bonchev–Trinajstić information content (AvgIpc) is 2.62. The third-order valence-corrected chi connectivity index (χ3v) is 4.00. The summed E-state index contributed by atoms with van der Waals surface area (Å²) in [5.41, 5.74) is 8.74. The van der Waals surface area contributed by atoms with Crippen LogP contribution in [0.5, 0.6) is 0 Å². The van der Waals surface area contributed by atoms with Crippen molar-refractivity contribution in [3.8, 4) is 0 Å². The van der Waals surface area contributed by atoms with E-state index in [-0.39, 0.29) is 5.41 Å². The van der Waals surface area contributed by atoms with Crippen molar-refractivity contribution in [3.63, 3.8) is 0 Å². The Morgan fingerprint density at radius 2 is 1.88 bits per heavy atom. The van der Waals surface area contributed by atoms with Gasteiger partial charge >= 0.3 is 0 Å². The van der Waals surface area contributed by atoms with E-state index in [1.807, 2.05) is 0 Å². The highest BCUT2D eigenvalue weighted by atomic mass is 32.1. The van der Waals surface area contributed by atoms with Crippen molar-refractivity contribution in [2.24, 2.45) is 11.1 Å². The van der Waals surface area contributed by atoms with Gasteiger partial charge in [0.05, 0.1) is 0 Å². The zero-order valence-corrected chi connectivity index (χ0v) is 11.2. The SMILES string of the molecule is CC1(C)CC(=S)C(CN2CCCC2)=C(N)C1. The quantitative estimate of drug-likeness (QED) is 0.749. The van der Waals surface area contributed by atoms with Crippen LogP contribution < -0.4 is 5.73 Å². The second-order valence-corrected chi connectivity index (χ2v) is 6.42. The summed E-state index contributed by atoms with van der Waals surface area (Å²) in [4.78, 5) is 3.58. The van der Waals surface area contributed by atoms with Crippen LogP contribution in [0.1, 0.15) is 39.5 Å². The minimum Gasteiger partial charge on any atom is -0.402 e. The summed E-state index contributed by atoms with van der Waals surface area (Å²) in [6.07, 6.45) is 4.67. The van der Waals surface area contributed by atoms with E-state index >= 15 is 0 Å². The van der Waals surface area contributed by atoms with E-state index in [0.29, 0.717) is 0 Å². The highest BCUT2D eigenvalue weighted by molar-refractivity contribution is 7.80. The zero-order valence-electron chi connectivity index (χ0n) is 10.4. The smallest absolute Gasteiger partial charge is 0.0261 e. The minimum atomic E-state index is 0.260. The molecule has 0 aromatic rings. The number of hydrogen-bond donors (Lipinski definition) is 1. The van der Waals surface area contributed by atoms with Crippen LogP contribution >= 0.6 is 12.2 Å². The van der Waals surface area contributed by atoms with Gasteiger partial charge in [0.2, 0.25) is 0 Å². The molecule has 0 atom stereocenters. The van der Waals surface area contributed by atoms with Gasteiger partial charge in [-0.1, -0.05) is 26.1 Å². The molecule has 1 heterocycles. The van der Waals surface area contributed by atoms with Gasteiger partial charge in [0, 0.05) is 17.1 Å². The van der Waals surface area contributed by atoms with Gasteiger partial charge in [0.25, 0.3) is 0 Å². The molecule has 3 heteroatoms. The number of nitrogens with zero attached hydrogens (tertiary/aromatic N) is 1. The molecular formula is C13H22N2S. The van der Waals surface area contributed by atoms with E-state index in [0.717, 1.165) is 29.9 Å². The average molecular weight is 238 g/mol. The maximum absolute atomic E-state index is 6.19. The summed E-state index contributed by atoms with van der Waals surface area (Å²) in [5.74, 6) is 0. The summed E-state index contributed by atoms with van der Waals surface area (Å²) in [6, 6.07) is 0. The lowest BCUT2D eigenvalue weighted by atomic mass is 9.76. The third kappa shape index (κ3) is 2.64.